The number of hydrogen-bond donors (Lipinski definition) is 1. The van der Waals surface area contributed by atoms with Crippen molar-refractivity contribution in [1.29, 1.82) is 0 Å². The molecule has 6 nitrogen and oxygen atoms in total. The molecule has 0 spiro atoms. The molecule has 2 aliphatic rings. The molecule has 1 aromatic carbocycles. The molecule has 2 saturated heterocycles. The van der Waals surface area contributed by atoms with Crippen LogP contribution < -0.4 is 0 Å². The fourth-order valence-corrected chi connectivity index (χ4v) is 2.68. The highest BCUT2D eigenvalue weighted by molar-refractivity contribution is 5.78. The highest BCUT2D eigenvalue weighted by atomic mass is 16.8. The van der Waals surface area contributed by atoms with Crippen molar-refractivity contribution in [3.63, 3.8) is 0 Å². The van der Waals surface area contributed by atoms with Crippen LogP contribution >= 0.6 is 0 Å². The van der Waals surface area contributed by atoms with E-state index in [0.29, 0.717) is 0 Å². The predicted molar refractivity (Wildman–Crippen MR) is 75.8 cm³/mol. The summed E-state index contributed by atoms with van der Waals surface area (Å²) in [5, 5.41) is 10.3. The van der Waals surface area contributed by atoms with E-state index in [0.717, 1.165) is 5.56 Å². The van der Waals surface area contributed by atoms with Gasteiger partial charge in [-0.25, -0.2) is 4.79 Å². The van der Waals surface area contributed by atoms with Gasteiger partial charge in [0.2, 0.25) is 0 Å². The first-order valence-corrected chi connectivity index (χ1v) is 7.32. The Kier molecular flexibility index (Phi) is 4.18. The summed E-state index contributed by atoms with van der Waals surface area (Å²) in [6, 6.07) is 9.45. The summed E-state index contributed by atoms with van der Waals surface area (Å²) in [6.07, 6.45) is -3.33. The fourth-order valence-electron chi connectivity index (χ4n) is 2.68. The summed E-state index contributed by atoms with van der Waals surface area (Å²) in [4.78, 5) is 11.9. The van der Waals surface area contributed by atoms with E-state index in [1.54, 1.807) is 13.8 Å². The Balaban J connectivity index is 1.61. The molecule has 4 atom stereocenters. The van der Waals surface area contributed by atoms with Gasteiger partial charge >= 0.3 is 5.97 Å². The van der Waals surface area contributed by atoms with Crippen LogP contribution in [-0.2, 0) is 30.3 Å². The van der Waals surface area contributed by atoms with Gasteiger partial charge in [0.25, 0.3) is 0 Å². The molecule has 0 amide bonds. The lowest BCUT2D eigenvalue weighted by Gasteiger charge is -2.22. The molecule has 0 aromatic heterocycles. The Morgan fingerprint density at radius 1 is 1.32 bits per heavy atom. The molecule has 1 aromatic rings. The number of ether oxygens (including phenoxy) is 4. The Hall–Kier alpha value is -1.47. The van der Waals surface area contributed by atoms with E-state index in [9.17, 15) is 9.90 Å². The summed E-state index contributed by atoms with van der Waals surface area (Å²) in [7, 11) is 0. The topological polar surface area (TPSA) is 74.2 Å². The third-order valence-electron chi connectivity index (χ3n) is 3.80. The van der Waals surface area contributed by atoms with Crippen LogP contribution in [0.25, 0.3) is 0 Å². The quantitative estimate of drug-likeness (QED) is 0.837. The number of carbonyl (C=O) groups is 1. The van der Waals surface area contributed by atoms with Crippen molar-refractivity contribution in [2.45, 2.75) is 50.7 Å². The zero-order valence-corrected chi connectivity index (χ0v) is 12.6. The van der Waals surface area contributed by atoms with Crippen molar-refractivity contribution < 1.29 is 28.8 Å². The minimum absolute atomic E-state index is 0.234. The van der Waals surface area contributed by atoms with Gasteiger partial charge in [-0.05, 0) is 19.4 Å². The zero-order chi connectivity index (χ0) is 15.7. The lowest BCUT2D eigenvalue weighted by molar-refractivity contribution is -0.166. The minimum atomic E-state index is -1.07. The second-order valence-electron chi connectivity index (χ2n) is 5.98. The van der Waals surface area contributed by atoms with Crippen LogP contribution in [-0.4, -0.2) is 47.9 Å². The van der Waals surface area contributed by atoms with Crippen LogP contribution in [0.1, 0.15) is 19.4 Å². The van der Waals surface area contributed by atoms with Crippen molar-refractivity contribution in [2.24, 2.45) is 0 Å². The highest BCUT2D eigenvalue weighted by Crippen LogP contribution is 2.31. The van der Waals surface area contributed by atoms with E-state index in [1.165, 1.54) is 0 Å². The average Bonchev–Trinajstić information content (AvgIpc) is 2.98. The maximum atomic E-state index is 11.9. The van der Waals surface area contributed by atoms with E-state index in [4.69, 9.17) is 18.9 Å². The molecule has 0 bridgehead atoms. The number of aliphatic hydroxyl groups excluding tert-OH is 1. The lowest BCUT2D eigenvalue weighted by atomic mass is 10.1. The monoisotopic (exact) mass is 308 g/mol. The second kappa shape index (κ2) is 5.96. The van der Waals surface area contributed by atoms with Crippen LogP contribution in [0.2, 0.25) is 0 Å². The smallest absolute Gasteiger partial charge is 0.338 e. The Morgan fingerprint density at radius 2 is 2.05 bits per heavy atom. The Morgan fingerprint density at radius 3 is 2.68 bits per heavy atom. The number of hydrogen-bond acceptors (Lipinski definition) is 6. The third-order valence-corrected chi connectivity index (χ3v) is 3.80. The Labute approximate surface area is 128 Å². The van der Waals surface area contributed by atoms with Gasteiger partial charge in [0.15, 0.2) is 18.0 Å². The highest BCUT2D eigenvalue weighted by Gasteiger charge is 2.51. The van der Waals surface area contributed by atoms with Gasteiger partial charge in [0.05, 0.1) is 13.2 Å². The summed E-state index contributed by atoms with van der Waals surface area (Å²) in [5.41, 5.74) is 0.924. The molecule has 2 heterocycles. The van der Waals surface area contributed by atoms with E-state index < -0.39 is 36.2 Å². The number of esters is 1. The SMILES string of the molecule is CC1(C)OC[C@@H]([C@H]2OC(=O)[C@@H](OCc3ccccc3)[C@@H]2O)O1. The van der Waals surface area contributed by atoms with Crippen molar-refractivity contribution in [1.82, 2.24) is 0 Å². The molecule has 0 radical (unpaired) electrons. The van der Waals surface area contributed by atoms with Crippen LogP contribution in [0, 0.1) is 0 Å². The molecule has 120 valence electrons. The van der Waals surface area contributed by atoms with Crippen molar-refractivity contribution >= 4 is 5.97 Å². The Bertz CT molecular complexity index is 529. The summed E-state index contributed by atoms with van der Waals surface area (Å²) in [6.45, 7) is 4.06. The van der Waals surface area contributed by atoms with Gasteiger partial charge in [0, 0.05) is 0 Å². The summed E-state index contributed by atoms with van der Waals surface area (Å²) in [5.74, 6) is -1.30. The first kappa shape index (κ1) is 15.4. The summed E-state index contributed by atoms with van der Waals surface area (Å²) >= 11 is 0. The van der Waals surface area contributed by atoms with Crippen molar-refractivity contribution in [3.8, 4) is 0 Å². The van der Waals surface area contributed by atoms with Crippen molar-refractivity contribution in [2.75, 3.05) is 6.61 Å². The molecule has 0 unspecified atom stereocenters. The second-order valence-corrected chi connectivity index (χ2v) is 5.98. The van der Waals surface area contributed by atoms with E-state index >= 15 is 0 Å². The number of carbonyl (C=O) groups excluding carboxylic acids is 1. The van der Waals surface area contributed by atoms with Gasteiger partial charge < -0.3 is 24.1 Å². The van der Waals surface area contributed by atoms with E-state index in [1.807, 2.05) is 30.3 Å². The molecule has 0 saturated carbocycles. The molecule has 6 heteroatoms. The van der Waals surface area contributed by atoms with Crippen molar-refractivity contribution in [3.05, 3.63) is 35.9 Å². The average molecular weight is 308 g/mol. The standard InChI is InChI=1S/C16H20O6/c1-16(2)20-9-11(22-16)13-12(17)14(15(18)21-13)19-8-10-6-4-3-5-7-10/h3-7,11-14,17H,8-9H2,1-2H3/t11-,12+,13+,14-/m0/s1. The first-order chi connectivity index (χ1) is 10.5. The van der Waals surface area contributed by atoms with Crippen LogP contribution in [0.15, 0.2) is 30.3 Å². The molecular weight excluding hydrogens is 288 g/mol. The lowest BCUT2D eigenvalue weighted by Crippen LogP contribution is -2.41. The minimum Gasteiger partial charge on any atom is -0.455 e. The van der Waals surface area contributed by atoms with Gasteiger partial charge in [-0.2, -0.15) is 0 Å². The normalized spacial score (nSPS) is 33.9. The number of cyclic esters (lactones) is 1. The third kappa shape index (κ3) is 3.15. The fraction of sp³-hybridized carbons (Fsp3) is 0.562. The van der Waals surface area contributed by atoms with E-state index in [-0.39, 0.29) is 13.2 Å². The predicted octanol–water partition coefficient (Wildman–Crippen LogP) is 1.01. The van der Waals surface area contributed by atoms with E-state index in [2.05, 4.69) is 0 Å². The molecule has 22 heavy (non-hydrogen) atoms. The van der Waals surface area contributed by atoms with Gasteiger partial charge in [-0.3, -0.25) is 0 Å². The number of benzene rings is 1. The molecule has 2 aliphatic heterocycles. The largest absolute Gasteiger partial charge is 0.455 e. The number of aliphatic hydroxyl groups is 1. The number of rotatable bonds is 4. The molecule has 3 rings (SSSR count). The summed E-state index contributed by atoms with van der Waals surface area (Å²) < 4.78 is 21.9. The molecule has 2 fully saturated rings. The maximum Gasteiger partial charge on any atom is 0.338 e. The van der Waals surface area contributed by atoms with Gasteiger partial charge in [-0.1, -0.05) is 30.3 Å². The molecule has 0 aliphatic carbocycles. The van der Waals surface area contributed by atoms with Crippen LogP contribution in [0.4, 0.5) is 0 Å². The maximum absolute atomic E-state index is 11.9. The molecule has 1 N–H and O–H groups in total. The van der Waals surface area contributed by atoms with Crippen LogP contribution in [0.5, 0.6) is 0 Å². The van der Waals surface area contributed by atoms with Gasteiger partial charge in [0.1, 0.15) is 12.2 Å². The van der Waals surface area contributed by atoms with Crippen LogP contribution in [0.3, 0.4) is 0 Å². The first-order valence-electron chi connectivity index (χ1n) is 7.32. The zero-order valence-electron chi connectivity index (χ0n) is 12.6. The molecular formula is C16H20O6. The van der Waals surface area contributed by atoms with Gasteiger partial charge in [-0.15, -0.1) is 0 Å².